The Hall–Kier alpha value is -1.41. The molecule has 1 saturated heterocycles. The summed E-state index contributed by atoms with van der Waals surface area (Å²) in [5.74, 6) is -0.226. The summed E-state index contributed by atoms with van der Waals surface area (Å²) in [4.78, 5) is 10.4. The first-order chi connectivity index (χ1) is 8.14. The fourth-order valence-corrected chi connectivity index (χ4v) is 1.77. The van der Waals surface area contributed by atoms with Gasteiger partial charge in [-0.3, -0.25) is 0 Å². The summed E-state index contributed by atoms with van der Waals surface area (Å²) >= 11 is 0. The van der Waals surface area contributed by atoms with Crippen LogP contribution in [0.2, 0.25) is 0 Å². The molecule has 0 bridgehead atoms. The zero-order chi connectivity index (χ0) is 13.7. The van der Waals surface area contributed by atoms with Crippen LogP contribution >= 0.6 is 0 Å². The van der Waals surface area contributed by atoms with Crippen LogP contribution < -0.4 is 5.46 Å². The minimum absolute atomic E-state index is 0.226. The van der Waals surface area contributed by atoms with Gasteiger partial charge in [-0.2, -0.15) is 4.68 Å². The molecule has 0 spiro atoms. The summed E-state index contributed by atoms with van der Waals surface area (Å²) in [5.41, 5.74) is -0.705. The molecule has 1 aliphatic rings. The third kappa shape index (κ3) is 1.91. The van der Waals surface area contributed by atoms with Crippen LogP contribution in [0.1, 0.15) is 27.7 Å². The van der Waals surface area contributed by atoms with Gasteiger partial charge < -0.3 is 19.4 Å². The van der Waals surface area contributed by atoms with Crippen molar-refractivity contribution in [3.8, 4) is 0 Å². The lowest BCUT2D eigenvalue weighted by Gasteiger charge is -2.32. The molecule has 1 fully saturated rings. The zero-order valence-electron chi connectivity index (χ0n) is 11.1. The molecule has 1 aromatic rings. The molecule has 2 rings (SSSR count). The van der Waals surface area contributed by atoms with Gasteiger partial charge in [0.15, 0.2) is 0 Å². The quantitative estimate of drug-likeness (QED) is 0.438. The molecule has 0 aliphatic carbocycles. The standard InChI is InChI=1S/C10H16BN3O4/c1-9(2)10(3,4)18-11(17-9)7-6-13(5)12-8(7)14(15)16/h6H,1-5H3. The van der Waals surface area contributed by atoms with E-state index in [0.29, 0.717) is 5.46 Å². The smallest absolute Gasteiger partial charge is 0.399 e. The van der Waals surface area contributed by atoms with Crippen LogP contribution in [0.4, 0.5) is 5.82 Å². The number of aromatic nitrogens is 2. The second kappa shape index (κ2) is 3.79. The van der Waals surface area contributed by atoms with E-state index >= 15 is 0 Å². The molecule has 0 aromatic carbocycles. The average Bonchev–Trinajstić information content (AvgIpc) is 2.66. The van der Waals surface area contributed by atoms with Gasteiger partial charge in [0.2, 0.25) is 0 Å². The Kier molecular flexibility index (Phi) is 2.75. The summed E-state index contributed by atoms with van der Waals surface area (Å²) in [6.07, 6.45) is 1.56. The molecule has 0 unspecified atom stereocenters. The van der Waals surface area contributed by atoms with Gasteiger partial charge in [0.1, 0.15) is 5.46 Å². The van der Waals surface area contributed by atoms with Crippen LogP contribution in [0.25, 0.3) is 0 Å². The maximum absolute atomic E-state index is 10.9. The highest BCUT2D eigenvalue weighted by Gasteiger charge is 2.54. The largest absolute Gasteiger partial charge is 0.505 e. The molecule has 2 heterocycles. The predicted octanol–water partition coefficient (Wildman–Crippen LogP) is 0.627. The molecule has 7 nitrogen and oxygen atoms in total. The molecule has 18 heavy (non-hydrogen) atoms. The highest BCUT2D eigenvalue weighted by atomic mass is 16.7. The highest BCUT2D eigenvalue weighted by molar-refractivity contribution is 6.63. The predicted molar refractivity (Wildman–Crippen MR) is 65.6 cm³/mol. The van der Waals surface area contributed by atoms with Crippen molar-refractivity contribution in [1.82, 2.24) is 9.78 Å². The Labute approximate surface area is 105 Å². The van der Waals surface area contributed by atoms with E-state index in [9.17, 15) is 10.1 Å². The van der Waals surface area contributed by atoms with E-state index in [1.807, 2.05) is 27.7 Å². The third-order valence-electron chi connectivity index (χ3n) is 3.52. The molecular formula is C10H16BN3O4. The van der Waals surface area contributed by atoms with Crippen molar-refractivity contribution in [2.24, 2.45) is 7.05 Å². The summed E-state index contributed by atoms with van der Waals surface area (Å²) < 4.78 is 12.9. The fourth-order valence-electron chi connectivity index (χ4n) is 1.77. The van der Waals surface area contributed by atoms with Crippen LogP contribution in [0.5, 0.6) is 0 Å². The van der Waals surface area contributed by atoms with E-state index in [1.165, 1.54) is 4.68 Å². The van der Waals surface area contributed by atoms with Gasteiger partial charge in [0.05, 0.1) is 29.5 Å². The van der Waals surface area contributed by atoms with Gasteiger partial charge in [-0.15, -0.1) is 0 Å². The first-order valence-corrected chi connectivity index (χ1v) is 5.67. The number of nitrogens with zero attached hydrogens (tertiary/aromatic N) is 3. The maximum Gasteiger partial charge on any atom is 0.505 e. The highest BCUT2D eigenvalue weighted by Crippen LogP contribution is 2.36. The topological polar surface area (TPSA) is 79.4 Å². The lowest BCUT2D eigenvalue weighted by molar-refractivity contribution is -0.388. The summed E-state index contributed by atoms with van der Waals surface area (Å²) in [6.45, 7) is 7.59. The van der Waals surface area contributed by atoms with Crippen molar-refractivity contribution < 1.29 is 14.2 Å². The van der Waals surface area contributed by atoms with Crippen LogP contribution in [0.3, 0.4) is 0 Å². The molecule has 0 N–H and O–H groups in total. The first-order valence-electron chi connectivity index (χ1n) is 5.67. The van der Waals surface area contributed by atoms with Gasteiger partial charge in [-0.05, 0) is 32.6 Å². The van der Waals surface area contributed by atoms with Gasteiger partial charge in [-0.1, -0.05) is 0 Å². The molecule has 0 atom stereocenters. The van der Waals surface area contributed by atoms with Crippen molar-refractivity contribution >= 4 is 18.4 Å². The number of aryl methyl sites for hydroxylation is 1. The van der Waals surface area contributed by atoms with E-state index < -0.39 is 23.2 Å². The summed E-state index contributed by atoms with van der Waals surface area (Å²) in [6, 6.07) is 0. The third-order valence-corrected chi connectivity index (χ3v) is 3.52. The number of rotatable bonds is 2. The Bertz CT molecular complexity index is 481. The van der Waals surface area contributed by atoms with Crippen molar-refractivity contribution in [3.63, 3.8) is 0 Å². The van der Waals surface area contributed by atoms with E-state index in [1.54, 1.807) is 13.2 Å². The summed E-state index contributed by atoms with van der Waals surface area (Å²) in [5, 5.41) is 14.7. The van der Waals surface area contributed by atoms with Crippen LogP contribution in [-0.4, -0.2) is 33.0 Å². The molecule has 8 heteroatoms. The average molecular weight is 253 g/mol. The second-order valence-corrected chi connectivity index (χ2v) is 5.43. The molecule has 0 radical (unpaired) electrons. The lowest BCUT2D eigenvalue weighted by atomic mass is 9.81. The van der Waals surface area contributed by atoms with Crippen LogP contribution in [-0.2, 0) is 16.4 Å². The van der Waals surface area contributed by atoms with Crippen LogP contribution in [0.15, 0.2) is 6.20 Å². The Balaban J connectivity index is 2.38. The fraction of sp³-hybridized carbons (Fsp3) is 0.700. The molecule has 0 amide bonds. The van der Waals surface area contributed by atoms with Crippen molar-refractivity contribution in [1.29, 1.82) is 0 Å². The molecule has 1 aromatic heterocycles. The Morgan fingerprint density at radius 2 is 1.83 bits per heavy atom. The van der Waals surface area contributed by atoms with Crippen LogP contribution in [0, 0.1) is 10.1 Å². The minimum atomic E-state index is -0.760. The van der Waals surface area contributed by atoms with E-state index in [2.05, 4.69) is 5.10 Å². The van der Waals surface area contributed by atoms with E-state index in [-0.39, 0.29) is 5.82 Å². The molecule has 98 valence electrons. The van der Waals surface area contributed by atoms with Crippen molar-refractivity contribution in [2.75, 3.05) is 0 Å². The van der Waals surface area contributed by atoms with Crippen molar-refractivity contribution in [2.45, 2.75) is 38.9 Å². The van der Waals surface area contributed by atoms with Gasteiger partial charge in [-0.25, -0.2) is 0 Å². The van der Waals surface area contributed by atoms with Crippen molar-refractivity contribution in [3.05, 3.63) is 16.3 Å². The normalized spacial score (nSPS) is 21.3. The van der Waals surface area contributed by atoms with E-state index in [0.717, 1.165) is 0 Å². The monoisotopic (exact) mass is 253 g/mol. The number of hydrogen-bond donors (Lipinski definition) is 0. The summed E-state index contributed by atoms with van der Waals surface area (Å²) in [7, 11) is 0.867. The molecule has 1 aliphatic heterocycles. The van der Waals surface area contributed by atoms with Gasteiger partial charge in [0.25, 0.3) is 0 Å². The number of hydrogen-bond acceptors (Lipinski definition) is 5. The Morgan fingerprint density at radius 1 is 1.33 bits per heavy atom. The first kappa shape index (κ1) is 13.0. The zero-order valence-corrected chi connectivity index (χ0v) is 11.1. The SMILES string of the molecule is Cn1cc(B2OC(C)(C)C(C)(C)O2)c([N+](=O)[O-])n1. The van der Waals surface area contributed by atoms with Gasteiger partial charge >= 0.3 is 12.9 Å². The van der Waals surface area contributed by atoms with E-state index in [4.69, 9.17) is 9.31 Å². The maximum atomic E-state index is 10.9. The van der Waals surface area contributed by atoms with Gasteiger partial charge in [0, 0.05) is 0 Å². The lowest BCUT2D eigenvalue weighted by Crippen LogP contribution is -2.41. The molecular weight excluding hydrogens is 237 g/mol. The Morgan fingerprint density at radius 3 is 2.28 bits per heavy atom. The molecule has 0 saturated carbocycles. The minimum Gasteiger partial charge on any atom is -0.399 e. The second-order valence-electron chi connectivity index (χ2n) is 5.43. The number of nitro groups is 1.